The van der Waals surface area contributed by atoms with Crippen molar-refractivity contribution in [3.63, 3.8) is 0 Å². The highest BCUT2D eigenvalue weighted by Gasteiger charge is 2.35. The summed E-state index contributed by atoms with van der Waals surface area (Å²) in [7, 11) is 0. The van der Waals surface area contributed by atoms with E-state index in [4.69, 9.17) is 4.74 Å². The lowest BCUT2D eigenvalue weighted by atomic mass is 10.1. The van der Waals surface area contributed by atoms with Crippen LogP contribution in [-0.2, 0) is 11.3 Å². The number of benzene rings is 1. The van der Waals surface area contributed by atoms with Crippen LogP contribution in [0.25, 0.3) is 0 Å². The van der Waals surface area contributed by atoms with Crippen molar-refractivity contribution in [3.8, 4) is 5.75 Å². The molecule has 0 aromatic heterocycles. The number of nitrogens with zero attached hydrogens (tertiary/aromatic N) is 1. The number of morpholine rings is 1. The lowest BCUT2D eigenvalue weighted by molar-refractivity contribution is -0.0589. The molecule has 1 aliphatic heterocycles. The van der Waals surface area contributed by atoms with Gasteiger partial charge in [-0.2, -0.15) is 0 Å². The first kappa shape index (κ1) is 12.0. The summed E-state index contributed by atoms with van der Waals surface area (Å²) in [5.41, 5.74) is 2.25. The molecule has 0 spiro atoms. The molecule has 1 aromatic carbocycles. The smallest absolute Gasteiger partial charge is 0.120 e. The van der Waals surface area contributed by atoms with Gasteiger partial charge in [-0.05, 0) is 32.3 Å². The molecular formula is C15H21NO2. The molecule has 18 heavy (non-hydrogen) atoms. The summed E-state index contributed by atoms with van der Waals surface area (Å²) in [4.78, 5) is 2.48. The van der Waals surface area contributed by atoms with Crippen LogP contribution in [0.2, 0.25) is 0 Å². The van der Waals surface area contributed by atoms with E-state index in [0.29, 0.717) is 17.9 Å². The zero-order valence-corrected chi connectivity index (χ0v) is 10.9. The number of hydrogen-bond acceptors (Lipinski definition) is 3. The highest BCUT2D eigenvalue weighted by molar-refractivity contribution is 5.35. The minimum Gasteiger partial charge on any atom is -0.508 e. The second kappa shape index (κ2) is 4.90. The average Bonchev–Trinajstić information content (AvgIpc) is 2.83. The topological polar surface area (TPSA) is 32.7 Å². The van der Waals surface area contributed by atoms with Crippen molar-refractivity contribution >= 4 is 0 Å². The van der Waals surface area contributed by atoms with Gasteiger partial charge in [-0.15, -0.1) is 0 Å². The highest BCUT2D eigenvalue weighted by atomic mass is 16.5. The van der Waals surface area contributed by atoms with E-state index in [0.717, 1.165) is 25.3 Å². The quantitative estimate of drug-likeness (QED) is 0.871. The second-order valence-corrected chi connectivity index (χ2v) is 5.51. The molecule has 2 unspecified atom stereocenters. The Bertz CT molecular complexity index is 433. The SMILES string of the molecule is Cc1ccc(O)c(CN2CCOC3CCCC32)c1. The maximum absolute atomic E-state index is 9.95. The van der Waals surface area contributed by atoms with Gasteiger partial charge in [0.05, 0.1) is 12.7 Å². The minimum atomic E-state index is 0.418. The Labute approximate surface area is 108 Å². The largest absolute Gasteiger partial charge is 0.508 e. The van der Waals surface area contributed by atoms with E-state index >= 15 is 0 Å². The van der Waals surface area contributed by atoms with Crippen LogP contribution in [-0.4, -0.2) is 35.3 Å². The minimum absolute atomic E-state index is 0.418. The van der Waals surface area contributed by atoms with E-state index < -0.39 is 0 Å². The van der Waals surface area contributed by atoms with E-state index in [1.54, 1.807) is 6.07 Å². The van der Waals surface area contributed by atoms with Crippen LogP contribution >= 0.6 is 0 Å². The molecule has 1 N–H and O–H groups in total. The van der Waals surface area contributed by atoms with Crippen LogP contribution in [0.3, 0.4) is 0 Å². The summed E-state index contributed by atoms with van der Waals surface area (Å²) in [6.07, 6.45) is 4.12. The van der Waals surface area contributed by atoms with Crippen LogP contribution in [0.4, 0.5) is 0 Å². The summed E-state index contributed by atoms with van der Waals surface area (Å²) in [6.45, 7) is 4.72. The zero-order chi connectivity index (χ0) is 12.5. The van der Waals surface area contributed by atoms with Gasteiger partial charge in [0.1, 0.15) is 5.75 Å². The number of hydrogen-bond donors (Lipinski definition) is 1. The van der Waals surface area contributed by atoms with Gasteiger partial charge >= 0.3 is 0 Å². The first-order valence-electron chi connectivity index (χ1n) is 6.88. The first-order chi connectivity index (χ1) is 8.74. The van der Waals surface area contributed by atoms with Crippen LogP contribution < -0.4 is 0 Å². The Morgan fingerprint density at radius 3 is 3.17 bits per heavy atom. The number of fused-ring (bicyclic) bond motifs is 1. The third kappa shape index (κ3) is 2.25. The number of aromatic hydroxyl groups is 1. The Kier molecular flexibility index (Phi) is 3.27. The lowest BCUT2D eigenvalue weighted by Crippen LogP contribution is -2.47. The predicted molar refractivity (Wildman–Crippen MR) is 70.6 cm³/mol. The van der Waals surface area contributed by atoms with Gasteiger partial charge in [-0.3, -0.25) is 4.90 Å². The van der Waals surface area contributed by atoms with E-state index in [1.165, 1.54) is 24.8 Å². The molecule has 3 nitrogen and oxygen atoms in total. The third-order valence-electron chi connectivity index (χ3n) is 4.21. The summed E-state index contributed by atoms with van der Waals surface area (Å²) < 4.78 is 5.82. The number of ether oxygens (including phenoxy) is 1. The van der Waals surface area contributed by atoms with Gasteiger partial charge in [-0.1, -0.05) is 17.7 Å². The average molecular weight is 247 g/mol. The number of phenols is 1. The Morgan fingerprint density at radius 2 is 2.28 bits per heavy atom. The van der Waals surface area contributed by atoms with Crippen LogP contribution in [0.1, 0.15) is 30.4 Å². The van der Waals surface area contributed by atoms with Crippen LogP contribution in [0.15, 0.2) is 18.2 Å². The molecule has 3 rings (SSSR count). The van der Waals surface area contributed by atoms with Gasteiger partial charge in [0, 0.05) is 24.7 Å². The standard InChI is InChI=1S/C15H21NO2/c1-11-5-6-14(17)12(9-11)10-16-7-8-18-15-4-2-3-13(15)16/h5-6,9,13,15,17H,2-4,7-8,10H2,1H3. The van der Waals surface area contributed by atoms with Crippen molar-refractivity contribution in [1.82, 2.24) is 4.90 Å². The molecule has 1 saturated heterocycles. The molecule has 2 atom stereocenters. The summed E-state index contributed by atoms with van der Waals surface area (Å²) in [5, 5.41) is 9.95. The van der Waals surface area contributed by atoms with Gasteiger partial charge < -0.3 is 9.84 Å². The van der Waals surface area contributed by atoms with Crippen molar-refractivity contribution in [2.75, 3.05) is 13.2 Å². The fourth-order valence-corrected chi connectivity index (χ4v) is 3.26. The van der Waals surface area contributed by atoms with Crippen molar-refractivity contribution in [1.29, 1.82) is 0 Å². The van der Waals surface area contributed by atoms with Crippen molar-refractivity contribution in [3.05, 3.63) is 29.3 Å². The third-order valence-corrected chi connectivity index (χ3v) is 4.21. The molecule has 1 aromatic rings. The number of rotatable bonds is 2. The molecule has 2 aliphatic rings. The molecule has 2 fully saturated rings. The summed E-state index contributed by atoms with van der Waals surface area (Å²) >= 11 is 0. The first-order valence-corrected chi connectivity index (χ1v) is 6.88. The highest BCUT2D eigenvalue weighted by Crippen LogP contribution is 2.31. The maximum atomic E-state index is 9.95. The van der Waals surface area contributed by atoms with Gasteiger partial charge in [0.25, 0.3) is 0 Å². The monoisotopic (exact) mass is 247 g/mol. The Balaban J connectivity index is 1.77. The predicted octanol–water partition coefficient (Wildman–Crippen LogP) is 2.45. The molecule has 1 heterocycles. The molecule has 98 valence electrons. The van der Waals surface area contributed by atoms with Gasteiger partial charge in [-0.25, -0.2) is 0 Å². The van der Waals surface area contributed by atoms with Crippen LogP contribution in [0, 0.1) is 6.92 Å². The zero-order valence-electron chi connectivity index (χ0n) is 10.9. The van der Waals surface area contributed by atoms with E-state index in [1.807, 2.05) is 6.07 Å². The van der Waals surface area contributed by atoms with Gasteiger partial charge in [0.2, 0.25) is 0 Å². The molecule has 1 saturated carbocycles. The maximum Gasteiger partial charge on any atom is 0.120 e. The molecule has 3 heteroatoms. The molecule has 0 bridgehead atoms. The molecule has 1 aliphatic carbocycles. The Hall–Kier alpha value is -1.06. The van der Waals surface area contributed by atoms with Crippen LogP contribution in [0.5, 0.6) is 5.75 Å². The van der Waals surface area contributed by atoms with E-state index in [9.17, 15) is 5.11 Å². The van der Waals surface area contributed by atoms with Crippen molar-refractivity contribution < 1.29 is 9.84 Å². The fraction of sp³-hybridized carbons (Fsp3) is 0.600. The fourth-order valence-electron chi connectivity index (χ4n) is 3.26. The van der Waals surface area contributed by atoms with Crippen molar-refractivity contribution in [2.45, 2.75) is 44.9 Å². The Morgan fingerprint density at radius 1 is 1.39 bits per heavy atom. The number of aryl methyl sites for hydroxylation is 1. The second-order valence-electron chi connectivity index (χ2n) is 5.51. The number of phenolic OH excluding ortho intramolecular Hbond substituents is 1. The summed E-state index contributed by atoms with van der Waals surface area (Å²) in [5.74, 6) is 0.418. The van der Waals surface area contributed by atoms with E-state index in [-0.39, 0.29) is 0 Å². The lowest BCUT2D eigenvalue weighted by Gasteiger charge is -2.37. The summed E-state index contributed by atoms with van der Waals surface area (Å²) in [6, 6.07) is 6.40. The normalized spacial score (nSPS) is 28.3. The van der Waals surface area contributed by atoms with Gasteiger partial charge in [0.15, 0.2) is 0 Å². The van der Waals surface area contributed by atoms with E-state index in [2.05, 4.69) is 17.9 Å². The molecule has 0 radical (unpaired) electrons. The molecule has 0 amide bonds. The van der Waals surface area contributed by atoms with Crippen molar-refractivity contribution in [2.24, 2.45) is 0 Å². The molecular weight excluding hydrogens is 226 g/mol.